The SMILES string of the molecule is CN=C(NCC(=O)NC1CCCCC1)NCC(C)(C)c1cccc(F)c1.I. The van der Waals surface area contributed by atoms with Crippen LogP contribution in [0.25, 0.3) is 0 Å². The zero-order chi connectivity index (χ0) is 19.0. The van der Waals surface area contributed by atoms with E-state index in [4.69, 9.17) is 0 Å². The number of carbonyl (C=O) groups excluding carboxylic acids is 1. The van der Waals surface area contributed by atoms with Crippen LogP contribution in [-0.2, 0) is 10.2 Å². The summed E-state index contributed by atoms with van der Waals surface area (Å²) in [6, 6.07) is 6.93. The predicted molar refractivity (Wildman–Crippen MR) is 119 cm³/mol. The lowest BCUT2D eigenvalue weighted by Crippen LogP contribution is -2.48. The summed E-state index contributed by atoms with van der Waals surface area (Å²) in [5.41, 5.74) is 0.639. The van der Waals surface area contributed by atoms with Gasteiger partial charge in [0.25, 0.3) is 0 Å². The standard InChI is InChI=1S/C20H31FN4O.HI/c1-20(2,15-8-7-9-16(21)12-15)14-24-19(22-3)23-13-18(26)25-17-10-5-4-6-11-17;/h7-9,12,17H,4-6,10-11,13-14H2,1-3H3,(H,25,26)(H2,22,23,24);1H. The minimum absolute atomic E-state index is 0. The van der Waals surface area contributed by atoms with Crippen LogP contribution in [0.3, 0.4) is 0 Å². The van der Waals surface area contributed by atoms with Crippen LogP contribution in [0.4, 0.5) is 4.39 Å². The zero-order valence-electron chi connectivity index (χ0n) is 16.5. The molecule has 1 aliphatic rings. The van der Waals surface area contributed by atoms with E-state index in [2.05, 4.69) is 20.9 Å². The third kappa shape index (κ3) is 8.02. The van der Waals surface area contributed by atoms with Crippen molar-refractivity contribution in [2.75, 3.05) is 20.1 Å². The molecule has 0 spiro atoms. The largest absolute Gasteiger partial charge is 0.356 e. The molecule has 1 aromatic rings. The first-order valence-electron chi connectivity index (χ1n) is 9.40. The Balaban J connectivity index is 0.00000364. The average Bonchev–Trinajstić information content (AvgIpc) is 2.62. The Morgan fingerprint density at radius 2 is 1.93 bits per heavy atom. The molecule has 5 nitrogen and oxygen atoms in total. The normalized spacial score (nSPS) is 15.6. The highest BCUT2D eigenvalue weighted by molar-refractivity contribution is 14.0. The second kappa shape index (κ2) is 11.5. The number of hydrogen-bond acceptors (Lipinski definition) is 2. The Kier molecular flexibility index (Phi) is 10.0. The van der Waals surface area contributed by atoms with Crippen LogP contribution in [0, 0.1) is 5.82 Å². The number of guanidine groups is 1. The fourth-order valence-corrected chi connectivity index (χ4v) is 3.23. The molecule has 0 radical (unpaired) electrons. The van der Waals surface area contributed by atoms with Crippen LogP contribution in [-0.4, -0.2) is 38.0 Å². The summed E-state index contributed by atoms with van der Waals surface area (Å²) < 4.78 is 13.5. The van der Waals surface area contributed by atoms with E-state index in [9.17, 15) is 9.18 Å². The van der Waals surface area contributed by atoms with Crippen molar-refractivity contribution in [1.82, 2.24) is 16.0 Å². The van der Waals surface area contributed by atoms with Crippen molar-refractivity contribution in [3.05, 3.63) is 35.6 Å². The smallest absolute Gasteiger partial charge is 0.239 e. The first-order chi connectivity index (χ1) is 12.4. The fourth-order valence-electron chi connectivity index (χ4n) is 3.23. The van der Waals surface area contributed by atoms with Crippen LogP contribution in [0.5, 0.6) is 0 Å². The van der Waals surface area contributed by atoms with Gasteiger partial charge in [-0.25, -0.2) is 4.39 Å². The first kappa shape index (κ1) is 23.7. The zero-order valence-corrected chi connectivity index (χ0v) is 18.8. The lowest BCUT2D eigenvalue weighted by molar-refractivity contribution is -0.120. The van der Waals surface area contributed by atoms with Crippen molar-refractivity contribution in [3.63, 3.8) is 0 Å². The monoisotopic (exact) mass is 490 g/mol. The number of hydrogen-bond donors (Lipinski definition) is 3. The van der Waals surface area contributed by atoms with E-state index < -0.39 is 0 Å². The molecule has 0 unspecified atom stereocenters. The second-order valence-corrected chi connectivity index (χ2v) is 7.58. The molecule has 0 atom stereocenters. The highest BCUT2D eigenvalue weighted by Crippen LogP contribution is 2.22. The van der Waals surface area contributed by atoms with Crippen LogP contribution in [0.2, 0.25) is 0 Å². The van der Waals surface area contributed by atoms with Gasteiger partial charge in [-0.15, -0.1) is 24.0 Å². The molecule has 1 fully saturated rings. The van der Waals surface area contributed by atoms with Crippen molar-refractivity contribution in [3.8, 4) is 0 Å². The molecular weight excluding hydrogens is 458 g/mol. The van der Waals surface area contributed by atoms with E-state index in [1.165, 1.54) is 25.3 Å². The van der Waals surface area contributed by atoms with E-state index in [1.807, 2.05) is 19.9 Å². The molecule has 2 rings (SSSR count). The number of rotatable bonds is 6. The third-order valence-electron chi connectivity index (χ3n) is 4.91. The van der Waals surface area contributed by atoms with Gasteiger partial charge in [0.15, 0.2) is 5.96 Å². The average molecular weight is 490 g/mol. The van der Waals surface area contributed by atoms with E-state index >= 15 is 0 Å². The Labute approximate surface area is 179 Å². The molecule has 0 saturated heterocycles. The number of nitrogens with one attached hydrogen (secondary N) is 3. The van der Waals surface area contributed by atoms with Crippen LogP contribution in [0.1, 0.15) is 51.5 Å². The first-order valence-corrected chi connectivity index (χ1v) is 9.40. The third-order valence-corrected chi connectivity index (χ3v) is 4.91. The molecular formula is C20H32FIN4O. The molecule has 1 aliphatic carbocycles. The Bertz CT molecular complexity index is 630. The molecule has 1 aromatic carbocycles. The van der Waals surface area contributed by atoms with Gasteiger partial charge < -0.3 is 16.0 Å². The summed E-state index contributed by atoms with van der Waals surface area (Å²) in [5, 5.41) is 9.35. The van der Waals surface area contributed by atoms with E-state index in [1.54, 1.807) is 19.2 Å². The fraction of sp³-hybridized carbons (Fsp3) is 0.600. The molecule has 1 saturated carbocycles. The second-order valence-electron chi connectivity index (χ2n) is 7.58. The maximum absolute atomic E-state index is 13.5. The summed E-state index contributed by atoms with van der Waals surface area (Å²) in [4.78, 5) is 16.3. The molecule has 0 heterocycles. The maximum Gasteiger partial charge on any atom is 0.239 e. The van der Waals surface area contributed by atoms with Crippen LogP contribution < -0.4 is 16.0 Å². The Hall–Kier alpha value is -1.38. The summed E-state index contributed by atoms with van der Waals surface area (Å²) in [6.07, 6.45) is 5.79. The molecule has 7 heteroatoms. The summed E-state index contributed by atoms with van der Waals surface area (Å²) >= 11 is 0. The van der Waals surface area contributed by atoms with Gasteiger partial charge in [-0.05, 0) is 30.5 Å². The lowest BCUT2D eigenvalue weighted by atomic mass is 9.84. The van der Waals surface area contributed by atoms with Crippen molar-refractivity contribution in [1.29, 1.82) is 0 Å². The van der Waals surface area contributed by atoms with Gasteiger partial charge >= 0.3 is 0 Å². The topological polar surface area (TPSA) is 65.5 Å². The summed E-state index contributed by atoms with van der Waals surface area (Å²) in [5.74, 6) is 0.315. The van der Waals surface area contributed by atoms with Gasteiger partial charge in [-0.1, -0.05) is 45.2 Å². The molecule has 0 aliphatic heterocycles. The molecule has 3 N–H and O–H groups in total. The number of carbonyl (C=O) groups is 1. The Morgan fingerprint density at radius 3 is 2.56 bits per heavy atom. The number of benzene rings is 1. The molecule has 27 heavy (non-hydrogen) atoms. The number of nitrogens with zero attached hydrogens (tertiary/aromatic N) is 1. The number of aliphatic imine (C=N–C) groups is 1. The Morgan fingerprint density at radius 1 is 1.22 bits per heavy atom. The van der Waals surface area contributed by atoms with Gasteiger partial charge in [-0.2, -0.15) is 0 Å². The van der Waals surface area contributed by atoms with Gasteiger partial charge in [0.2, 0.25) is 5.91 Å². The summed E-state index contributed by atoms with van der Waals surface area (Å²) in [6.45, 7) is 4.84. The lowest BCUT2D eigenvalue weighted by Gasteiger charge is -2.27. The highest BCUT2D eigenvalue weighted by Gasteiger charge is 2.22. The number of amides is 1. The minimum Gasteiger partial charge on any atom is -0.356 e. The van der Waals surface area contributed by atoms with Gasteiger partial charge in [0, 0.05) is 25.0 Å². The highest BCUT2D eigenvalue weighted by atomic mass is 127. The number of halogens is 2. The van der Waals surface area contributed by atoms with Crippen LogP contribution in [0.15, 0.2) is 29.3 Å². The van der Waals surface area contributed by atoms with Gasteiger partial charge in [0.1, 0.15) is 5.82 Å². The predicted octanol–water partition coefficient (Wildman–Crippen LogP) is 3.34. The van der Waals surface area contributed by atoms with Crippen molar-refractivity contribution in [2.24, 2.45) is 4.99 Å². The van der Waals surface area contributed by atoms with Crippen LogP contribution >= 0.6 is 24.0 Å². The molecule has 1 amide bonds. The minimum atomic E-state index is -0.274. The van der Waals surface area contributed by atoms with E-state index in [-0.39, 0.29) is 47.7 Å². The quantitative estimate of drug-likeness (QED) is 0.326. The van der Waals surface area contributed by atoms with E-state index in [0.717, 1.165) is 18.4 Å². The van der Waals surface area contributed by atoms with Crippen molar-refractivity contribution >= 4 is 35.8 Å². The molecule has 0 bridgehead atoms. The van der Waals surface area contributed by atoms with Crippen molar-refractivity contribution in [2.45, 2.75) is 57.4 Å². The van der Waals surface area contributed by atoms with Gasteiger partial charge in [-0.3, -0.25) is 9.79 Å². The maximum atomic E-state index is 13.5. The van der Waals surface area contributed by atoms with E-state index in [0.29, 0.717) is 18.5 Å². The molecule has 152 valence electrons. The van der Waals surface area contributed by atoms with Crippen molar-refractivity contribution < 1.29 is 9.18 Å². The summed E-state index contributed by atoms with van der Waals surface area (Å²) in [7, 11) is 1.67. The molecule has 0 aromatic heterocycles. The van der Waals surface area contributed by atoms with Gasteiger partial charge in [0.05, 0.1) is 6.54 Å².